The maximum atomic E-state index is 12.4. The first kappa shape index (κ1) is 23.3. The van der Waals surface area contributed by atoms with Crippen LogP contribution in [0.15, 0.2) is 11.0 Å². The van der Waals surface area contributed by atoms with E-state index >= 15 is 0 Å². The van der Waals surface area contributed by atoms with E-state index in [4.69, 9.17) is 9.72 Å². The molecule has 0 saturated carbocycles. The average Bonchev–Trinajstić information content (AvgIpc) is 3.33. The Balaban J connectivity index is 1.20. The van der Waals surface area contributed by atoms with E-state index in [1.165, 1.54) is 38.0 Å². The Morgan fingerprint density at radius 2 is 1.89 bits per heavy atom. The molecule has 8 heteroatoms. The molecule has 6 heterocycles. The van der Waals surface area contributed by atoms with Crippen LogP contribution >= 0.6 is 11.3 Å². The number of H-pyrrole nitrogens is 1. The van der Waals surface area contributed by atoms with Gasteiger partial charge in [-0.05, 0) is 44.1 Å². The van der Waals surface area contributed by atoms with Gasteiger partial charge in [-0.15, -0.1) is 0 Å². The van der Waals surface area contributed by atoms with E-state index in [1.54, 1.807) is 15.9 Å². The van der Waals surface area contributed by atoms with Crippen molar-refractivity contribution < 1.29 is 4.74 Å². The lowest BCUT2D eigenvalue weighted by Gasteiger charge is -2.61. The summed E-state index contributed by atoms with van der Waals surface area (Å²) in [6, 6.07) is 0. The van der Waals surface area contributed by atoms with E-state index in [9.17, 15) is 4.79 Å². The van der Waals surface area contributed by atoms with Crippen LogP contribution in [0.4, 0.5) is 5.13 Å². The smallest absolute Gasteiger partial charge is 0.253 e. The summed E-state index contributed by atoms with van der Waals surface area (Å²) in [6.07, 6.45) is 4.41. The van der Waals surface area contributed by atoms with Crippen LogP contribution in [0.25, 0.3) is 21.6 Å². The fraction of sp³-hybridized carbons (Fsp3) is 0.630. The Labute approximate surface area is 211 Å². The minimum atomic E-state index is 0.0696. The van der Waals surface area contributed by atoms with Gasteiger partial charge >= 0.3 is 0 Å². The van der Waals surface area contributed by atoms with E-state index in [-0.39, 0.29) is 5.56 Å². The van der Waals surface area contributed by atoms with Crippen molar-refractivity contribution in [2.45, 2.75) is 46.5 Å². The number of aryl methyl sites for hydroxylation is 1. The second kappa shape index (κ2) is 8.46. The third kappa shape index (κ3) is 3.85. The van der Waals surface area contributed by atoms with Crippen molar-refractivity contribution in [2.24, 2.45) is 18.4 Å². The van der Waals surface area contributed by atoms with Crippen molar-refractivity contribution in [1.82, 2.24) is 19.4 Å². The third-order valence-electron chi connectivity index (χ3n) is 8.45. The van der Waals surface area contributed by atoms with Crippen molar-refractivity contribution in [3.63, 3.8) is 0 Å². The summed E-state index contributed by atoms with van der Waals surface area (Å²) in [5.41, 5.74) is 6.95. The molecule has 0 atom stereocenters. The molecule has 0 bridgehead atoms. The summed E-state index contributed by atoms with van der Waals surface area (Å²) in [6.45, 7) is 16.3. The lowest BCUT2D eigenvalue weighted by atomic mass is 9.72. The van der Waals surface area contributed by atoms with Gasteiger partial charge in [-0.25, -0.2) is 4.98 Å². The molecule has 3 aliphatic heterocycles. The number of nitrogens with one attached hydrogen (secondary N) is 1. The predicted molar refractivity (Wildman–Crippen MR) is 143 cm³/mol. The fourth-order valence-electron chi connectivity index (χ4n) is 6.44. The van der Waals surface area contributed by atoms with Gasteiger partial charge in [-0.2, -0.15) is 0 Å². The number of thiazole rings is 1. The van der Waals surface area contributed by atoms with Crippen molar-refractivity contribution in [2.75, 3.05) is 50.8 Å². The number of anilines is 1. The first-order valence-electron chi connectivity index (χ1n) is 13.0. The molecule has 188 valence electrons. The molecule has 7 nitrogen and oxygen atoms in total. The normalized spacial score (nSPS) is 20.7. The zero-order chi connectivity index (χ0) is 24.5. The molecule has 0 amide bonds. The number of rotatable bonds is 5. The highest BCUT2D eigenvalue weighted by molar-refractivity contribution is 7.21. The van der Waals surface area contributed by atoms with Gasteiger partial charge in [0.05, 0.1) is 5.69 Å². The second-order valence-electron chi connectivity index (χ2n) is 11.5. The van der Waals surface area contributed by atoms with Crippen LogP contribution in [0.2, 0.25) is 0 Å². The van der Waals surface area contributed by atoms with Crippen LogP contribution in [0, 0.1) is 25.2 Å². The molecule has 6 rings (SSSR count). The molecule has 0 radical (unpaired) electrons. The van der Waals surface area contributed by atoms with Gasteiger partial charge in [-0.1, -0.05) is 25.2 Å². The van der Waals surface area contributed by atoms with E-state index in [1.807, 2.05) is 27.1 Å². The number of likely N-dealkylation sites (tertiary alicyclic amines) is 1. The van der Waals surface area contributed by atoms with E-state index < -0.39 is 0 Å². The fourth-order valence-corrected chi connectivity index (χ4v) is 7.42. The molecular weight excluding hydrogens is 458 g/mol. The number of aromatic amines is 1. The maximum absolute atomic E-state index is 12.4. The highest BCUT2D eigenvalue weighted by atomic mass is 32.1. The van der Waals surface area contributed by atoms with Crippen LogP contribution in [0.1, 0.15) is 49.3 Å². The molecule has 3 aromatic heterocycles. The minimum absolute atomic E-state index is 0.0696. The molecular formula is C27H37N5O2S. The van der Waals surface area contributed by atoms with Crippen molar-refractivity contribution >= 4 is 26.8 Å². The Bertz CT molecular complexity index is 1320. The Morgan fingerprint density at radius 1 is 1.17 bits per heavy atom. The summed E-state index contributed by atoms with van der Waals surface area (Å²) in [7, 11) is 1.83. The van der Waals surface area contributed by atoms with Gasteiger partial charge in [0.2, 0.25) is 0 Å². The van der Waals surface area contributed by atoms with Gasteiger partial charge in [0.15, 0.2) is 5.13 Å². The van der Waals surface area contributed by atoms with Crippen molar-refractivity contribution in [3.8, 4) is 11.3 Å². The summed E-state index contributed by atoms with van der Waals surface area (Å²) < 4.78 is 7.21. The number of pyridine rings is 1. The number of hydrogen-bond acceptors (Lipinski definition) is 6. The van der Waals surface area contributed by atoms with Crippen LogP contribution in [0.5, 0.6) is 0 Å². The predicted octanol–water partition coefficient (Wildman–Crippen LogP) is 4.28. The van der Waals surface area contributed by atoms with Crippen LogP contribution in [0.3, 0.4) is 0 Å². The van der Waals surface area contributed by atoms with Gasteiger partial charge in [-0.3, -0.25) is 4.79 Å². The summed E-state index contributed by atoms with van der Waals surface area (Å²) >= 11 is 1.77. The monoisotopic (exact) mass is 495 g/mol. The lowest BCUT2D eigenvalue weighted by Crippen LogP contribution is -2.72. The largest absolute Gasteiger partial charge is 0.381 e. The molecule has 3 saturated heterocycles. The first-order valence-corrected chi connectivity index (χ1v) is 13.8. The van der Waals surface area contributed by atoms with Crippen molar-refractivity contribution in [3.05, 3.63) is 33.2 Å². The average molecular weight is 496 g/mol. The van der Waals surface area contributed by atoms with Gasteiger partial charge in [0.1, 0.15) is 10.3 Å². The Hall–Kier alpha value is -2.16. The molecule has 3 fully saturated rings. The summed E-state index contributed by atoms with van der Waals surface area (Å²) in [4.78, 5) is 27.5. The standard InChI is InChI=1S/C27H37N5O2S/c1-16(2)21-22(20-11-30(5)25(33)18(4)17(20)3)28-24-23(21)29-26(35-24)32-14-27(15-32)12-31(13-27)10-19-6-8-34-9-7-19/h11,16,19,28H,6-10,12-15H2,1-5H3. The zero-order valence-electron chi connectivity index (χ0n) is 21.6. The molecule has 0 aliphatic carbocycles. The topological polar surface area (TPSA) is 66.4 Å². The molecule has 0 unspecified atom stereocenters. The highest BCUT2D eigenvalue weighted by Gasteiger charge is 2.52. The highest BCUT2D eigenvalue weighted by Crippen LogP contribution is 2.46. The van der Waals surface area contributed by atoms with Crippen molar-refractivity contribution in [1.29, 1.82) is 0 Å². The zero-order valence-corrected chi connectivity index (χ0v) is 22.4. The Morgan fingerprint density at radius 3 is 2.57 bits per heavy atom. The molecule has 3 aliphatic rings. The summed E-state index contributed by atoms with van der Waals surface area (Å²) in [5, 5.41) is 1.14. The van der Waals surface area contributed by atoms with E-state index in [0.717, 1.165) is 70.1 Å². The molecule has 3 aromatic rings. The molecule has 1 N–H and O–H groups in total. The van der Waals surface area contributed by atoms with Crippen LogP contribution in [-0.2, 0) is 11.8 Å². The first-order chi connectivity index (χ1) is 16.7. The van der Waals surface area contributed by atoms with E-state index in [2.05, 4.69) is 28.6 Å². The molecule has 1 spiro atoms. The Kier molecular flexibility index (Phi) is 5.62. The van der Waals surface area contributed by atoms with Gasteiger partial charge < -0.3 is 24.1 Å². The number of ether oxygens (including phenoxy) is 1. The number of nitrogens with zero attached hydrogens (tertiary/aromatic N) is 4. The van der Waals surface area contributed by atoms with E-state index in [0.29, 0.717) is 11.3 Å². The number of hydrogen-bond donors (Lipinski definition) is 1. The SMILES string of the molecule is Cc1c(-c2[nH]c3sc(N4CC5(CN(CC6CCOCC6)C5)C4)nc3c2C(C)C)cn(C)c(=O)c1C. The maximum Gasteiger partial charge on any atom is 0.253 e. The van der Waals surface area contributed by atoms with Gasteiger partial charge in [0.25, 0.3) is 5.56 Å². The minimum Gasteiger partial charge on any atom is -0.381 e. The lowest BCUT2D eigenvalue weighted by molar-refractivity contribution is -0.0426. The molecule has 35 heavy (non-hydrogen) atoms. The molecule has 0 aromatic carbocycles. The number of fused-ring (bicyclic) bond motifs is 1. The van der Waals surface area contributed by atoms with Crippen LogP contribution < -0.4 is 10.5 Å². The second-order valence-corrected chi connectivity index (χ2v) is 12.5. The number of aromatic nitrogens is 3. The third-order valence-corrected chi connectivity index (χ3v) is 9.49. The summed E-state index contributed by atoms with van der Waals surface area (Å²) in [5.74, 6) is 1.15. The van der Waals surface area contributed by atoms with Gasteiger partial charge in [0, 0.05) is 81.3 Å². The quantitative estimate of drug-likeness (QED) is 0.572. The van der Waals surface area contributed by atoms with Crippen LogP contribution in [-0.4, -0.2) is 65.4 Å².